The molecule has 0 aliphatic carbocycles. The molecule has 0 spiro atoms. The molecule has 3 heterocycles. The van der Waals surface area contributed by atoms with Crippen LogP contribution in [0.3, 0.4) is 0 Å². The van der Waals surface area contributed by atoms with Crippen LogP contribution in [0.1, 0.15) is 45.9 Å². The molecule has 6 rings (SSSR count). The Labute approximate surface area is 223 Å². The normalized spacial score (nSPS) is 17.4. The van der Waals surface area contributed by atoms with E-state index in [0.29, 0.717) is 0 Å². The average Bonchev–Trinajstić information content (AvgIpc) is 3.38. The summed E-state index contributed by atoms with van der Waals surface area (Å²) < 4.78 is 2.38. The van der Waals surface area contributed by atoms with Crippen molar-refractivity contribution in [2.75, 3.05) is 4.90 Å². The maximum absolute atomic E-state index is 5.98. The smallest absolute Gasteiger partial charge is 0.174 e. The molecule has 0 saturated carbocycles. The third-order valence-electron chi connectivity index (χ3n) is 7.38. The Balaban J connectivity index is 1.56. The van der Waals surface area contributed by atoms with E-state index < -0.39 is 0 Å². The number of rotatable bonds is 4. The summed E-state index contributed by atoms with van der Waals surface area (Å²) in [5.41, 5.74) is 9.37. The zero-order chi connectivity index (χ0) is 25.7. The zero-order valence-electron chi connectivity index (χ0n) is 21.6. The van der Waals surface area contributed by atoms with Gasteiger partial charge in [-0.1, -0.05) is 48.5 Å². The molecule has 0 unspecified atom stereocenters. The number of thiocarbonyl (C=S) groups is 1. The fourth-order valence-electron chi connectivity index (χ4n) is 5.90. The van der Waals surface area contributed by atoms with Gasteiger partial charge in [-0.05, 0) is 98.4 Å². The summed E-state index contributed by atoms with van der Waals surface area (Å²) >= 11 is 5.98. The van der Waals surface area contributed by atoms with E-state index in [0.717, 1.165) is 16.5 Å². The van der Waals surface area contributed by atoms with Crippen molar-refractivity contribution in [1.29, 1.82) is 0 Å². The number of aryl methyl sites for hydroxylation is 3. The molecule has 0 bridgehead atoms. The van der Waals surface area contributed by atoms with Gasteiger partial charge in [0.1, 0.15) is 0 Å². The van der Waals surface area contributed by atoms with Gasteiger partial charge in [0, 0.05) is 28.7 Å². The molecule has 37 heavy (non-hydrogen) atoms. The molecule has 1 aliphatic heterocycles. The van der Waals surface area contributed by atoms with Gasteiger partial charge in [-0.15, -0.1) is 0 Å². The quantitative estimate of drug-likeness (QED) is 0.259. The molecule has 1 aliphatic rings. The van der Waals surface area contributed by atoms with Crippen LogP contribution >= 0.6 is 12.2 Å². The first-order valence-corrected chi connectivity index (χ1v) is 13.1. The van der Waals surface area contributed by atoms with Crippen LogP contribution in [0, 0.1) is 27.7 Å². The van der Waals surface area contributed by atoms with Crippen molar-refractivity contribution in [2.45, 2.75) is 39.8 Å². The number of pyridine rings is 1. The van der Waals surface area contributed by atoms with Gasteiger partial charge in [0.15, 0.2) is 5.11 Å². The largest absolute Gasteiger partial charge is 0.351 e. The molecule has 1 N–H and O–H groups in total. The van der Waals surface area contributed by atoms with Crippen LogP contribution in [-0.2, 0) is 0 Å². The minimum Gasteiger partial charge on any atom is -0.351 e. The van der Waals surface area contributed by atoms with Crippen molar-refractivity contribution in [3.05, 3.63) is 125 Å². The SMILES string of the molecule is Cc1cc(C)cc(N2C(=S)N[C@@H](c3ccccn3)[C@@H]2c2cc(C)n(-c3cccc4ccccc34)c2C)c1. The summed E-state index contributed by atoms with van der Waals surface area (Å²) in [6.07, 6.45) is 1.86. The van der Waals surface area contributed by atoms with E-state index in [1.165, 1.54) is 44.5 Å². The van der Waals surface area contributed by atoms with Crippen LogP contribution < -0.4 is 10.2 Å². The van der Waals surface area contributed by atoms with E-state index in [4.69, 9.17) is 17.2 Å². The number of hydrogen-bond acceptors (Lipinski definition) is 2. The fraction of sp³-hybridized carbons (Fsp3) is 0.188. The number of anilines is 1. The summed E-state index contributed by atoms with van der Waals surface area (Å²) in [5, 5.41) is 6.82. The number of fused-ring (bicyclic) bond motifs is 1. The lowest BCUT2D eigenvalue weighted by molar-refractivity contribution is 0.565. The maximum atomic E-state index is 5.98. The zero-order valence-corrected chi connectivity index (χ0v) is 22.4. The van der Waals surface area contributed by atoms with Crippen LogP contribution in [0.4, 0.5) is 5.69 Å². The Kier molecular flexibility index (Phi) is 5.81. The molecule has 2 aromatic heterocycles. The van der Waals surface area contributed by atoms with Crippen LogP contribution in [-0.4, -0.2) is 14.7 Å². The van der Waals surface area contributed by atoms with E-state index in [1.54, 1.807) is 0 Å². The lowest BCUT2D eigenvalue weighted by Gasteiger charge is -2.29. The van der Waals surface area contributed by atoms with Crippen molar-refractivity contribution < 1.29 is 0 Å². The Hall–Kier alpha value is -3.96. The minimum absolute atomic E-state index is 0.0430. The van der Waals surface area contributed by atoms with Gasteiger partial charge in [-0.3, -0.25) is 4.98 Å². The van der Waals surface area contributed by atoms with E-state index in [-0.39, 0.29) is 12.1 Å². The monoisotopic (exact) mass is 502 g/mol. The predicted octanol–water partition coefficient (Wildman–Crippen LogP) is 7.44. The number of nitrogens with one attached hydrogen (secondary N) is 1. The summed E-state index contributed by atoms with van der Waals surface area (Å²) in [5.74, 6) is 0. The molecule has 4 nitrogen and oxygen atoms in total. The summed E-state index contributed by atoms with van der Waals surface area (Å²) in [6, 6.07) is 30.0. The molecule has 3 aromatic carbocycles. The van der Waals surface area contributed by atoms with Crippen LogP contribution in [0.5, 0.6) is 0 Å². The molecule has 1 fully saturated rings. The molecule has 5 heteroatoms. The van der Waals surface area contributed by atoms with Crippen molar-refractivity contribution in [3.63, 3.8) is 0 Å². The molecular weight excluding hydrogens is 472 g/mol. The first kappa shape index (κ1) is 23.4. The maximum Gasteiger partial charge on any atom is 0.174 e. The van der Waals surface area contributed by atoms with Gasteiger partial charge >= 0.3 is 0 Å². The second-order valence-corrected chi connectivity index (χ2v) is 10.4. The topological polar surface area (TPSA) is 33.1 Å². The number of benzene rings is 3. The third kappa shape index (κ3) is 4.00. The molecule has 0 amide bonds. The highest BCUT2D eigenvalue weighted by Crippen LogP contribution is 2.44. The van der Waals surface area contributed by atoms with E-state index in [1.807, 2.05) is 18.3 Å². The van der Waals surface area contributed by atoms with Gasteiger partial charge in [-0.25, -0.2) is 0 Å². The van der Waals surface area contributed by atoms with E-state index >= 15 is 0 Å². The van der Waals surface area contributed by atoms with Gasteiger partial charge in [0.05, 0.1) is 23.5 Å². The van der Waals surface area contributed by atoms with E-state index in [9.17, 15) is 0 Å². The number of nitrogens with zero attached hydrogens (tertiary/aromatic N) is 3. The van der Waals surface area contributed by atoms with Gasteiger partial charge in [0.25, 0.3) is 0 Å². The van der Waals surface area contributed by atoms with Gasteiger partial charge < -0.3 is 14.8 Å². The molecule has 5 aromatic rings. The van der Waals surface area contributed by atoms with Crippen LogP contribution in [0.15, 0.2) is 91.1 Å². The lowest BCUT2D eigenvalue weighted by Crippen LogP contribution is -2.29. The Morgan fingerprint density at radius 2 is 1.54 bits per heavy atom. The standard InChI is InChI=1S/C32H30N4S/c1-20-16-21(2)18-25(17-20)36-31(30(34-32(36)37)28-13-7-8-15-33-28)27-19-22(3)35(23(27)4)29-14-9-11-24-10-5-6-12-26(24)29/h5-19,30-31H,1-4H3,(H,34,37)/t30-,31-/m0/s1. The predicted molar refractivity (Wildman–Crippen MR) is 157 cm³/mol. The van der Waals surface area contributed by atoms with Crippen LogP contribution in [0.25, 0.3) is 16.5 Å². The summed E-state index contributed by atoms with van der Waals surface area (Å²) in [7, 11) is 0. The Bertz CT molecular complexity index is 1610. The molecule has 1 saturated heterocycles. The first-order valence-electron chi connectivity index (χ1n) is 12.7. The minimum atomic E-state index is -0.0732. The number of hydrogen-bond donors (Lipinski definition) is 1. The second kappa shape index (κ2) is 9.16. The van der Waals surface area contributed by atoms with Gasteiger partial charge in [0.2, 0.25) is 0 Å². The molecule has 2 atom stereocenters. The highest BCUT2D eigenvalue weighted by atomic mass is 32.1. The fourth-order valence-corrected chi connectivity index (χ4v) is 6.25. The summed E-state index contributed by atoms with van der Waals surface area (Å²) in [4.78, 5) is 7.02. The van der Waals surface area contributed by atoms with Crippen molar-refractivity contribution in [1.82, 2.24) is 14.9 Å². The Morgan fingerprint density at radius 1 is 0.811 bits per heavy atom. The van der Waals surface area contributed by atoms with Crippen LogP contribution in [0.2, 0.25) is 0 Å². The van der Waals surface area contributed by atoms with E-state index in [2.05, 4.69) is 115 Å². The van der Waals surface area contributed by atoms with Crippen molar-refractivity contribution in [2.24, 2.45) is 0 Å². The third-order valence-corrected chi connectivity index (χ3v) is 7.69. The van der Waals surface area contributed by atoms with Gasteiger partial charge in [-0.2, -0.15) is 0 Å². The molecule has 184 valence electrons. The Morgan fingerprint density at radius 3 is 2.30 bits per heavy atom. The molecular formula is C32H30N4S. The highest BCUT2D eigenvalue weighted by Gasteiger charge is 2.42. The second-order valence-electron chi connectivity index (χ2n) is 10.0. The highest BCUT2D eigenvalue weighted by molar-refractivity contribution is 7.80. The average molecular weight is 503 g/mol. The van der Waals surface area contributed by atoms with Crippen molar-refractivity contribution >= 4 is 33.8 Å². The lowest BCUT2D eigenvalue weighted by atomic mass is 9.96. The van der Waals surface area contributed by atoms with Crippen molar-refractivity contribution in [3.8, 4) is 5.69 Å². The first-order chi connectivity index (χ1) is 17.9. The number of aromatic nitrogens is 2. The summed E-state index contributed by atoms with van der Waals surface area (Å²) in [6.45, 7) is 8.69. The molecule has 0 radical (unpaired) electrons.